The SMILES string of the molecule is O=C(Nc1ccc(S(=O)(=O)N2CCOCC2)cc1)C1CCN(Cc2nc(-c3ccc(F)cc3)no2)CC1. The summed E-state index contributed by atoms with van der Waals surface area (Å²) in [4.78, 5) is 19.6. The van der Waals surface area contributed by atoms with E-state index in [2.05, 4.69) is 20.4 Å². The third-order valence-electron chi connectivity index (χ3n) is 6.62. The van der Waals surface area contributed by atoms with Gasteiger partial charge in [0.25, 0.3) is 0 Å². The first kappa shape index (κ1) is 25.5. The zero-order valence-corrected chi connectivity index (χ0v) is 21.0. The van der Waals surface area contributed by atoms with E-state index in [0.717, 1.165) is 0 Å². The van der Waals surface area contributed by atoms with Crippen LogP contribution in [0.25, 0.3) is 11.4 Å². The number of hydrogen-bond donors (Lipinski definition) is 1. The van der Waals surface area contributed by atoms with E-state index >= 15 is 0 Å². The molecule has 196 valence electrons. The minimum absolute atomic E-state index is 0.0835. The number of amides is 1. The van der Waals surface area contributed by atoms with Gasteiger partial charge in [-0.1, -0.05) is 5.16 Å². The number of morpholine rings is 1. The average molecular weight is 530 g/mol. The zero-order chi connectivity index (χ0) is 25.8. The Labute approximate surface area is 214 Å². The van der Waals surface area contributed by atoms with E-state index in [0.29, 0.717) is 81.7 Å². The van der Waals surface area contributed by atoms with Gasteiger partial charge in [0.2, 0.25) is 27.6 Å². The molecule has 10 nitrogen and oxygen atoms in total. The number of rotatable bonds is 7. The number of carbonyl (C=O) groups excluding carboxylic acids is 1. The first-order valence-corrected chi connectivity index (χ1v) is 13.6. The van der Waals surface area contributed by atoms with Crippen LogP contribution < -0.4 is 5.32 Å². The smallest absolute Gasteiger partial charge is 0.243 e. The lowest BCUT2D eigenvalue weighted by atomic mass is 9.96. The summed E-state index contributed by atoms with van der Waals surface area (Å²) in [5.41, 5.74) is 1.24. The van der Waals surface area contributed by atoms with Gasteiger partial charge in [-0.15, -0.1) is 0 Å². The van der Waals surface area contributed by atoms with E-state index in [1.165, 1.54) is 28.6 Å². The minimum Gasteiger partial charge on any atom is -0.379 e. The molecule has 1 aromatic heterocycles. The van der Waals surface area contributed by atoms with Gasteiger partial charge in [-0.25, -0.2) is 12.8 Å². The molecule has 37 heavy (non-hydrogen) atoms. The normalized spacial score (nSPS) is 18.1. The van der Waals surface area contributed by atoms with Crippen molar-refractivity contribution in [3.8, 4) is 11.4 Å². The molecule has 0 aliphatic carbocycles. The Balaban J connectivity index is 1.11. The number of sulfonamides is 1. The summed E-state index contributed by atoms with van der Waals surface area (Å²) in [6, 6.07) is 12.2. The first-order valence-electron chi connectivity index (χ1n) is 12.2. The number of likely N-dealkylation sites (tertiary alicyclic amines) is 1. The van der Waals surface area contributed by atoms with Crippen LogP contribution in [0.2, 0.25) is 0 Å². The number of aromatic nitrogens is 2. The molecule has 2 saturated heterocycles. The van der Waals surface area contributed by atoms with Crippen molar-refractivity contribution < 1.29 is 26.9 Å². The molecular formula is C25H28FN5O5S. The van der Waals surface area contributed by atoms with Crippen molar-refractivity contribution in [3.63, 3.8) is 0 Å². The molecule has 12 heteroatoms. The fourth-order valence-electron chi connectivity index (χ4n) is 4.47. The van der Waals surface area contributed by atoms with Gasteiger partial charge in [-0.3, -0.25) is 9.69 Å². The molecule has 2 aliphatic heterocycles. The third kappa shape index (κ3) is 6.04. The van der Waals surface area contributed by atoms with Crippen molar-refractivity contribution in [1.82, 2.24) is 19.3 Å². The number of nitrogens with one attached hydrogen (secondary N) is 1. The van der Waals surface area contributed by atoms with Gasteiger partial charge < -0.3 is 14.6 Å². The van der Waals surface area contributed by atoms with Crippen LogP contribution in [0.3, 0.4) is 0 Å². The van der Waals surface area contributed by atoms with Gasteiger partial charge >= 0.3 is 0 Å². The molecule has 2 aliphatic rings. The summed E-state index contributed by atoms with van der Waals surface area (Å²) in [5.74, 6) is 0.320. The zero-order valence-electron chi connectivity index (χ0n) is 20.2. The molecule has 0 bridgehead atoms. The number of nitrogens with zero attached hydrogens (tertiary/aromatic N) is 4. The molecule has 5 rings (SSSR count). The van der Waals surface area contributed by atoms with E-state index in [-0.39, 0.29) is 22.5 Å². The number of benzene rings is 2. The standard InChI is InChI=1S/C25H28FN5O5S/c26-20-3-1-18(2-4-20)24-28-23(36-29-24)17-30-11-9-19(10-12-30)25(32)27-21-5-7-22(8-6-21)37(33,34)31-13-15-35-16-14-31/h1-8,19H,9-17H2,(H,27,32). The van der Waals surface area contributed by atoms with E-state index in [1.54, 1.807) is 24.3 Å². The minimum atomic E-state index is -3.57. The van der Waals surface area contributed by atoms with Crippen LogP contribution >= 0.6 is 0 Å². The molecule has 3 heterocycles. The van der Waals surface area contributed by atoms with Crippen molar-refractivity contribution in [2.75, 3.05) is 44.7 Å². The van der Waals surface area contributed by atoms with Crippen molar-refractivity contribution in [2.45, 2.75) is 24.3 Å². The van der Waals surface area contributed by atoms with Crippen LogP contribution in [0.15, 0.2) is 57.9 Å². The molecular weight excluding hydrogens is 501 g/mol. The summed E-state index contributed by atoms with van der Waals surface area (Å²) in [7, 11) is -3.57. The van der Waals surface area contributed by atoms with Crippen LogP contribution in [-0.2, 0) is 26.1 Å². The Hall–Kier alpha value is -3.19. The van der Waals surface area contributed by atoms with Crippen LogP contribution in [0.5, 0.6) is 0 Å². The second kappa shape index (κ2) is 11.1. The number of piperidine rings is 1. The molecule has 0 radical (unpaired) electrons. The van der Waals surface area contributed by atoms with E-state index < -0.39 is 10.0 Å². The fraction of sp³-hybridized carbons (Fsp3) is 0.400. The van der Waals surface area contributed by atoms with Crippen LogP contribution in [-0.4, -0.2) is 73.1 Å². The monoisotopic (exact) mass is 529 g/mol. The summed E-state index contributed by atoms with van der Waals surface area (Å²) in [5, 5.41) is 6.88. The first-order chi connectivity index (χ1) is 17.9. The summed E-state index contributed by atoms with van der Waals surface area (Å²) in [6.45, 7) is 3.31. The van der Waals surface area contributed by atoms with Gasteiger partial charge in [-0.2, -0.15) is 9.29 Å². The number of hydrogen-bond acceptors (Lipinski definition) is 8. The van der Waals surface area contributed by atoms with E-state index in [4.69, 9.17) is 9.26 Å². The number of halogens is 1. The van der Waals surface area contributed by atoms with Gasteiger partial charge in [-0.05, 0) is 74.5 Å². The average Bonchev–Trinajstić information content (AvgIpc) is 3.39. The molecule has 0 atom stereocenters. The second-order valence-electron chi connectivity index (χ2n) is 9.10. The predicted molar refractivity (Wildman–Crippen MR) is 132 cm³/mol. The predicted octanol–water partition coefficient (Wildman–Crippen LogP) is 2.75. The maximum Gasteiger partial charge on any atom is 0.243 e. The van der Waals surface area contributed by atoms with Crippen molar-refractivity contribution in [3.05, 3.63) is 60.2 Å². The molecule has 1 amide bonds. The van der Waals surface area contributed by atoms with Gasteiger partial charge in [0.15, 0.2) is 0 Å². The van der Waals surface area contributed by atoms with E-state index in [1.807, 2.05) is 0 Å². The Morgan fingerprint density at radius 2 is 1.68 bits per heavy atom. The number of ether oxygens (including phenoxy) is 1. The molecule has 2 aromatic carbocycles. The number of anilines is 1. The Morgan fingerprint density at radius 1 is 1.00 bits per heavy atom. The van der Waals surface area contributed by atoms with Gasteiger partial charge in [0.05, 0.1) is 24.7 Å². The summed E-state index contributed by atoms with van der Waals surface area (Å²) in [6.07, 6.45) is 1.35. The van der Waals surface area contributed by atoms with Gasteiger partial charge in [0, 0.05) is 30.3 Å². The Bertz CT molecular complexity index is 1320. The maximum absolute atomic E-state index is 13.1. The highest BCUT2D eigenvalue weighted by Gasteiger charge is 2.28. The molecule has 3 aromatic rings. The lowest BCUT2D eigenvalue weighted by Gasteiger charge is -2.30. The second-order valence-corrected chi connectivity index (χ2v) is 11.0. The molecule has 1 N–H and O–H groups in total. The maximum atomic E-state index is 13.1. The highest BCUT2D eigenvalue weighted by molar-refractivity contribution is 7.89. The highest BCUT2D eigenvalue weighted by Crippen LogP contribution is 2.24. The Kier molecular flexibility index (Phi) is 7.60. The molecule has 2 fully saturated rings. The summed E-state index contributed by atoms with van der Waals surface area (Å²) < 4.78 is 50.6. The molecule has 0 spiro atoms. The lowest BCUT2D eigenvalue weighted by Crippen LogP contribution is -2.40. The quantitative estimate of drug-likeness (QED) is 0.497. The molecule has 0 unspecified atom stereocenters. The molecule has 0 saturated carbocycles. The number of carbonyl (C=O) groups is 1. The van der Waals surface area contributed by atoms with Crippen molar-refractivity contribution in [1.29, 1.82) is 0 Å². The fourth-order valence-corrected chi connectivity index (χ4v) is 5.88. The lowest BCUT2D eigenvalue weighted by molar-refractivity contribution is -0.121. The van der Waals surface area contributed by atoms with E-state index in [9.17, 15) is 17.6 Å². The largest absolute Gasteiger partial charge is 0.379 e. The van der Waals surface area contributed by atoms with Crippen molar-refractivity contribution >= 4 is 21.6 Å². The van der Waals surface area contributed by atoms with Crippen LogP contribution in [0, 0.1) is 11.7 Å². The van der Waals surface area contributed by atoms with Crippen molar-refractivity contribution in [2.24, 2.45) is 5.92 Å². The van der Waals surface area contributed by atoms with Crippen LogP contribution in [0.4, 0.5) is 10.1 Å². The summed E-state index contributed by atoms with van der Waals surface area (Å²) >= 11 is 0. The Morgan fingerprint density at radius 3 is 2.35 bits per heavy atom. The van der Waals surface area contributed by atoms with Crippen LogP contribution in [0.1, 0.15) is 18.7 Å². The third-order valence-corrected chi connectivity index (χ3v) is 8.53. The topological polar surface area (TPSA) is 118 Å². The highest BCUT2D eigenvalue weighted by atomic mass is 32.2. The van der Waals surface area contributed by atoms with Gasteiger partial charge in [0.1, 0.15) is 5.82 Å².